The summed E-state index contributed by atoms with van der Waals surface area (Å²) in [5.41, 5.74) is 1.09. The molecule has 0 amide bonds. The molecular formula is C19H36O4Si. The van der Waals surface area contributed by atoms with Crippen molar-refractivity contribution in [3.8, 4) is 0 Å². The van der Waals surface area contributed by atoms with E-state index in [1.807, 2.05) is 0 Å². The highest BCUT2D eigenvalue weighted by Gasteiger charge is 2.48. The Morgan fingerprint density at radius 3 is 1.88 bits per heavy atom. The maximum atomic E-state index is 12.5. The molecule has 0 bridgehead atoms. The smallest absolute Gasteiger partial charge is 0.320 e. The van der Waals surface area contributed by atoms with Crippen molar-refractivity contribution in [1.82, 2.24) is 0 Å². The summed E-state index contributed by atoms with van der Waals surface area (Å²) in [6.07, 6.45) is 2.86. The van der Waals surface area contributed by atoms with Crippen LogP contribution < -0.4 is 0 Å². The maximum Gasteiger partial charge on any atom is 0.320 e. The van der Waals surface area contributed by atoms with Gasteiger partial charge in [-0.15, -0.1) is 0 Å². The molecule has 0 radical (unpaired) electrons. The second-order valence-electron chi connectivity index (χ2n) is 7.42. The van der Waals surface area contributed by atoms with Crippen LogP contribution in [0.2, 0.25) is 16.6 Å². The molecule has 140 valence electrons. The standard InChI is InChI=1S/C19H36O4Si/c1-9-10-11-12-22-18(20)13-17(8)19(21)23-24(14(2)3,15(4)5)16(6)7/h14-16H,8-13H2,1-7H3. The van der Waals surface area contributed by atoms with Crippen LogP contribution in [0.5, 0.6) is 0 Å². The zero-order valence-electron chi connectivity index (χ0n) is 16.6. The first-order valence-electron chi connectivity index (χ1n) is 9.16. The third kappa shape index (κ3) is 6.42. The zero-order valence-corrected chi connectivity index (χ0v) is 17.6. The van der Waals surface area contributed by atoms with Gasteiger partial charge in [0.25, 0.3) is 8.32 Å². The van der Waals surface area contributed by atoms with E-state index >= 15 is 0 Å². The highest BCUT2D eigenvalue weighted by atomic mass is 28.4. The van der Waals surface area contributed by atoms with Crippen LogP contribution in [0.3, 0.4) is 0 Å². The van der Waals surface area contributed by atoms with Crippen molar-refractivity contribution < 1.29 is 18.8 Å². The first kappa shape index (κ1) is 22.9. The lowest BCUT2D eigenvalue weighted by Crippen LogP contribution is -2.49. The van der Waals surface area contributed by atoms with E-state index in [2.05, 4.69) is 55.0 Å². The van der Waals surface area contributed by atoms with Crippen molar-refractivity contribution >= 4 is 20.3 Å². The van der Waals surface area contributed by atoms with Gasteiger partial charge in [-0.25, -0.2) is 4.79 Å². The third-order valence-electron chi connectivity index (χ3n) is 4.63. The van der Waals surface area contributed by atoms with Gasteiger partial charge in [0.2, 0.25) is 0 Å². The quantitative estimate of drug-likeness (QED) is 0.216. The van der Waals surface area contributed by atoms with E-state index < -0.39 is 20.3 Å². The number of esters is 1. The molecule has 0 unspecified atom stereocenters. The molecule has 5 heteroatoms. The van der Waals surface area contributed by atoms with E-state index in [0.29, 0.717) is 23.2 Å². The molecule has 0 fully saturated rings. The van der Waals surface area contributed by atoms with Gasteiger partial charge in [0.15, 0.2) is 0 Å². The normalized spacial score (nSPS) is 11.9. The molecule has 0 aliphatic rings. The van der Waals surface area contributed by atoms with Crippen molar-refractivity contribution in [1.29, 1.82) is 0 Å². The van der Waals surface area contributed by atoms with Crippen LogP contribution in [-0.4, -0.2) is 26.9 Å². The first-order valence-corrected chi connectivity index (χ1v) is 11.3. The lowest BCUT2D eigenvalue weighted by Gasteiger charge is -2.41. The van der Waals surface area contributed by atoms with E-state index in [9.17, 15) is 9.59 Å². The summed E-state index contributed by atoms with van der Waals surface area (Å²) >= 11 is 0. The average Bonchev–Trinajstić information content (AvgIpc) is 2.47. The van der Waals surface area contributed by atoms with Gasteiger partial charge < -0.3 is 9.16 Å². The van der Waals surface area contributed by atoms with Crippen molar-refractivity contribution in [2.45, 2.75) is 90.8 Å². The number of hydrogen-bond acceptors (Lipinski definition) is 4. The Bertz CT molecular complexity index is 405. The molecule has 0 N–H and O–H groups in total. The second-order valence-corrected chi connectivity index (χ2v) is 12.8. The molecule has 0 aromatic rings. The zero-order chi connectivity index (χ0) is 18.9. The summed E-state index contributed by atoms with van der Waals surface area (Å²) in [7, 11) is -2.30. The van der Waals surface area contributed by atoms with Crippen LogP contribution in [0.4, 0.5) is 0 Å². The Balaban J connectivity index is 4.77. The van der Waals surface area contributed by atoms with E-state index in [4.69, 9.17) is 9.16 Å². The average molecular weight is 357 g/mol. The highest BCUT2D eigenvalue weighted by molar-refractivity contribution is 6.79. The Morgan fingerprint density at radius 1 is 0.958 bits per heavy atom. The molecule has 0 spiro atoms. The number of carbonyl (C=O) groups is 2. The largest absolute Gasteiger partial charge is 0.515 e. The fourth-order valence-corrected chi connectivity index (χ4v) is 8.59. The Morgan fingerprint density at radius 2 is 1.46 bits per heavy atom. The van der Waals surface area contributed by atoms with Gasteiger partial charge in [0.05, 0.1) is 13.0 Å². The fourth-order valence-electron chi connectivity index (χ4n) is 3.42. The third-order valence-corrected chi connectivity index (χ3v) is 10.6. The monoisotopic (exact) mass is 356 g/mol. The molecule has 0 atom stereocenters. The van der Waals surface area contributed by atoms with Crippen LogP contribution >= 0.6 is 0 Å². The number of unbranched alkanes of at least 4 members (excludes halogenated alkanes) is 2. The van der Waals surface area contributed by atoms with Gasteiger partial charge in [0, 0.05) is 5.57 Å². The minimum atomic E-state index is -2.30. The van der Waals surface area contributed by atoms with E-state index in [-0.39, 0.29) is 12.0 Å². The van der Waals surface area contributed by atoms with Crippen LogP contribution in [0.1, 0.15) is 74.1 Å². The molecule has 0 aliphatic carbocycles. The summed E-state index contributed by atoms with van der Waals surface area (Å²) in [5.74, 6) is -0.845. The van der Waals surface area contributed by atoms with Crippen LogP contribution in [0.15, 0.2) is 12.2 Å². The maximum absolute atomic E-state index is 12.5. The van der Waals surface area contributed by atoms with Crippen LogP contribution in [-0.2, 0) is 18.8 Å². The fraction of sp³-hybridized carbons (Fsp3) is 0.789. The Labute approximate surface area is 149 Å². The second kappa shape index (κ2) is 10.7. The lowest BCUT2D eigenvalue weighted by molar-refractivity contribution is -0.144. The Kier molecular flexibility index (Phi) is 10.2. The predicted molar refractivity (Wildman–Crippen MR) is 101 cm³/mol. The molecule has 0 rings (SSSR count). The van der Waals surface area contributed by atoms with Crippen molar-refractivity contribution in [2.75, 3.05) is 6.61 Å². The van der Waals surface area contributed by atoms with E-state index in [1.54, 1.807) is 0 Å². The molecule has 0 heterocycles. The van der Waals surface area contributed by atoms with Crippen LogP contribution in [0, 0.1) is 0 Å². The van der Waals surface area contributed by atoms with E-state index in [0.717, 1.165) is 19.3 Å². The number of ether oxygens (including phenoxy) is 1. The number of rotatable bonds is 11. The number of hydrogen-bond donors (Lipinski definition) is 0. The molecule has 0 saturated carbocycles. The lowest BCUT2D eigenvalue weighted by atomic mass is 10.2. The van der Waals surface area contributed by atoms with Crippen LogP contribution in [0.25, 0.3) is 0 Å². The summed E-state index contributed by atoms with van der Waals surface area (Å²) < 4.78 is 11.2. The molecule has 24 heavy (non-hydrogen) atoms. The van der Waals surface area contributed by atoms with Gasteiger partial charge in [-0.3, -0.25) is 4.79 Å². The molecule has 0 aromatic carbocycles. The molecule has 0 aromatic heterocycles. The first-order chi connectivity index (χ1) is 11.1. The molecule has 0 saturated heterocycles. The van der Waals surface area contributed by atoms with Gasteiger partial charge in [-0.2, -0.15) is 0 Å². The minimum Gasteiger partial charge on any atom is -0.515 e. The SMILES string of the molecule is C=C(CC(=O)OCCCCC)C(=O)O[Si](C(C)C)(C(C)C)C(C)C. The number of carbonyl (C=O) groups excluding carboxylic acids is 2. The van der Waals surface area contributed by atoms with Gasteiger partial charge in [0.1, 0.15) is 0 Å². The molecule has 4 nitrogen and oxygen atoms in total. The minimum absolute atomic E-state index is 0.0935. The van der Waals surface area contributed by atoms with Crippen molar-refractivity contribution in [3.05, 3.63) is 12.2 Å². The topological polar surface area (TPSA) is 52.6 Å². The van der Waals surface area contributed by atoms with Crippen molar-refractivity contribution in [3.63, 3.8) is 0 Å². The highest BCUT2D eigenvalue weighted by Crippen LogP contribution is 2.42. The van der Waals surface area contributed by atoms with Gasteiger partial charge in [-0.1, -0.05) is 67.9 Å². The Hall–Kier alpha value is -1.10. The van der Waals surface area contributed by atoms with E-state index in [1.165, 1.54) is 0 Å². The predicted octanol–water partition coefficient (Wildman–Crippen LogP) is 5.38. The van der Waals surface area contributed by atoms with Crippen molar-refractivity contribution in [2.24, 2.45) is 0 Å². The summed E-state index contributed by atoms with van der Waals surface area (Å²) in [4.78, 5) is 24.3. The summed E-state index contributed by atoms with van der Waals surface area (Å²) in [6.45, 7) is 18.9. The summed E-state index contributed by atoms with van der Waals surface area (Å²) in [5, 5.41) is 0. The van der Waals surface area contributed by atoms with Gasteiger partial charge in [-0.05, 0) is 23.0 Å². The molecule has 0 aliphatic heterocycles. The molecular weight excluding hydrogens is 320 g/mol. The summed E-state index contributed by atoms with van der Waals surface area (Å²) in [6, 6.07) is 0. The van der Waals surface area contributed by atoms with Gasteiger partial charge >= 0.3 is 11.9 Å².